The Morgan fingerprint density at radius 3 is 1.71 bits per heavy atom. The molecule has 0 radical (unpaired) electrons. The monoisotopic (exact) mass is 294 g/mol. The Hall–Kier alpha value is -2.25. The topological polar surface area (TPSA) is 35.0 Å². The number of hydrogen-bond donors (Lipinski definition) is 0. The van der Waals surface area contributed by atoms with Crippen LogP contribution >= 0.6 is 7.92 Å². The second kappa shape index (κ2) is 6.47. The standard InChI is InChI=1S/C17H15N2OP/c1-20-16-12-13-17(19-18-16)21(14-8-4-2-5-9-14)15-10-6-3-7-11-15/h2-13H,1H3. The maximum atomic E-state index is 5.09. The summed E-state index contributed by atoms with van der Waals surface area (Å²) in [6, 6.07) is 24.7. The molecule has 0 unspecified atom stereocenters. The van der Waals surface area contributed by atoms with E-state index in [9.17, 15) is 0 Å². The minimum Gasteiger partial charge on any atom is -0.480 e. The van der Waals surface area contributed by atoms with Crippen LogP contribution in [0.1, 0.15) is 0 Å². The molecule has 0 fully saturated rings. The average Bonchev–Trinajstić information content (AvgIpc) is 2.58. The minimum absolute atomic E-state index is 0.537. The molecule has 0 bridgehead atoms. The first-order valence-corrected chi connectivity index (χ1v) is 8.00. The normalized spacial score (nSPS) is 10.6. The number of benzene rings is 2. The van der Waals surface area contributed by atoms with Gasteiger partial charge in [-0.3, -0.25) is 0 Å². The molecule has 0 aliphatic heterocycles. The molecule has 4 heteroatoms. The van der Waals surface area contributed by atoms with Crippen LogP contribution in [0.4, 0.5) is 0 Å². The van der Waals surface area contributed by atoms with Crippen molar-refractivity contribution in [2.45, 2.75) is 0 Å². The molecule has 0 aliphatic rings. The highest BCUT2D eigenvalue weighted by Crippen LogP contribution is 2.31. The summed E-state index contributed by atoms with van der Waals surface area (Å²) in [7, 11) is 0.906. The summed E-state index contributed by atoms with van der Waals surface area (Å²) in [6.07, 6.45) is 0. The van der Waals surface area contributed by atoms with Gasteiger partial charge in [-0.15, -0.1) is 10.2 Å². The van der Waals surface area contributed by atoms with Gasteiger partial charge in [0.2, 0.25) is 5.88 Å². The first kappa shape index (κ1) is 13.7. The molecule has 0 N–H and O–H groups in total. The molecule has 0 saturated carbocycles. The van der Waals surface area contributed by atoms with Crippen molar-refractivity contribution in [3.05, 3.63) is 72.8 Å². The van der Waals surface area contributed by atoms with E-state index in [4.69, 9.17) is 4.74 Å². The Morgan fingerprint density at radius 1 is 0.714 bits per heavy atom. The van der Waals surface area contributed by atoms with Crippen LogP contribution in [0.15, 0.2) is 72.8 Å². The second-order valence-electron chi connectivity index (χ2n) is 4.44. The van der Waals surface area contributed by atoms with Crippen LogP contribution in [0.3, 0.4) is 0 Å². The number of rotatable bonds is 4. The molecule has 3 rings (SSSR count). The Morgan fingerprint density at radius 2 is 1.29 bits per heavy atom. The zero-order valence-electron chi connectivity index (χ0n) is 11.7. The lowest BCUT2D eigenvalue weighted by Crippen LogP contribution is -2.23. The molecular formula is C17H15N2OP. The molecule has 2 aromatic carbocycles. The van der Waals surface area contributed by atoms with E-state index in [-0.39, 0.29) is 0 Å². The Labute approximate surface area is 125 Å². The molecule has 3 aromatic rings. The van der Waals surface area contributed by atoms with Crippen LogP contribution in [-0.2, 0) is 0 Å². The molecule has 1 aromatic heterocycles. The quantitative estimate of drug-likeness (QED) is 0.692. The summed E-state index contributed by atoms with van der Waals surface area (Å²) >= 11 is 0. The fraction of sp³-hybridized carbons (Fsp3) is 0.0588. The zero-order valence-corrected chi connectivity index (χ0v) is 12.6. The van der Waals surface area contributed by atoms with E-state index in [1.54, 1.807) is 7.11 Å². The van der Waals surface area contributed by atoms with Crippen molar-refractivity contribution >= 4 is 24.0 Å². The molecule has 0 amide bonds. The van der Waals surface area contributed by atoms with Gasteiger partial charge in [0.25, 0.3) is 0 Å². The van der Waals surface area contributed by atoms with Gasteiger partial charge in [-0.25, -0.2) is 0 Å². The zero-order chi connectivity index (χ0) is 14.5. The summed E-state index contributed by atoms with van der Waals surface area (Å²) in [5.74, 6) is 0.537. The average molecular weight is 294 g/mol. The summed E-state index contributed by atoms with van der Waals surface area (Å²) < 4.78 is 5.09. The Kier molecular flexibility index (Phi) is 4.23. The Bertz CT molecular complexity index is 648. The van der Waals surface area contributed by atoms with Gasteiger partial charge in [0, 0.05) is 14.0 Å². The maximum absolute atomic E-state index is 5.09. The number of aromatic nitrogens is 2. The maximum Gasteiger partial charge on any atom is 0.233 e. The van der Waals surface area contributed by atoms with Crippen LogP contribution in [0, 0.1) is 0 Å². The van der Waals surface area contributed by atoms with Crippen LogP contribution in [-0.4, -0.2) is 17.3 Å². The van der Waals surface area contributed by atoms with Crippen molar-refractivity contribution in [1.29, 1.82) is 0 Å². The minimum atomic E-state index is -0.693. The molecule has 0 saturated heterocycles. The third-order valence-corrected chi connectivity index (χ3v) is 5.42. The van der Waals surface area contributed by atoms with E-state index in [0.29, 0.717) is 5.88 Å². The highest BCUT2D eigenvalue weighted by molar-refractivity contribution is 7.79. The predicted octanol–water partition coefficient (Wildman–Crippen LogP) is 2.24. The van der Waals surface area contributed by atoms with Gasteiger partial charge < -0.3 is 4.74 Å². The smallest absolute Gasteiger partial charge is 0.233 e. The lowest BCUT2D eigenvalue weighted by Gasteiger charge is -2.17. The highest BCUT2D eigenvalue weighted by Gasteiger charge is 2.17. The van der Waals surface area contributed by atoms with Crippen molar-refractivity contribution < 1.29 is 4.74 Å². The first-order chi connectivity index (χ1) is 10.4. The number of hydrogen-bond acceptors (Lipinski definition) is 3. The SMILES string of the molecule is COc1ccc(P(c2ccccc2)c2ccccc2)nn1. The van der Waals surface area contributed by atoms with E-state index < -0.39 is 7.92 Å². The predicted molar refractivity (Wildman–Crippen MR) is 87.3 cm³/mol. The second-order valence-corrected chi connectivity index (χ2v) is 6.60. The van der Waals surface area contributed by atoms with Crippen LogP contribution in [0.25, 0.3) is 0 Å². The fourth-order valence-electron chi connectivity index (χ4n) is 2.11. The number of methoxy groups -OCH3 is 1. The van der Waals surface area contributed by atoms with Crippen LogP contribution < -0.4 is 20.8 Å². The highest BCUT2D eigenvalue weighted by atomic mass is 31.1. The van der Waals surface area contributed by atoms with Crippen molar-refractivity contribution in [2.75, 3.05) is 7.11 Å². The van der Waals surface area contributed by atoms with E-state index in [1.807, 2.05) is 24.3 Å². The summed E-state index contributed by atoms with van der Waals surface area (Å²) in [4.78, 5) is 0. The van der Waals surface area contributed by atoms with E-state index in [2.05, 4.69) is 58.7 Å². The fourth-order valence-corrected chi connectivity index (χ4v) is 4.23. The van der Waals surface area contributed by atoms with Crippen molar-refractivity contribution in [3.8, 4) is 5.88 Å². The molecular weight excluding hydrogens is 279 g/mol. The van der Waals surface area contributed by atoms with Gasteiger partial charge in [-0.2, -0.15) is 0 Å². The number of nitrogens with zero attached hydrogens (tertiary/aromatic N) is 2. The first-order valence-electron chi connectivity index (χ1n) is 6.66. The summed E-state index contributed by atoms with van der Waals surface area (Å²) in [6.45, 7) is 0. The lowest BCUT2D eigenvalue weighted by molar-refractivity contribution is 0.392. The van der Waals surface area contributed by atoms with Crippen molar-refractivity contribution in [2.24, 2.45) is 0 Å². The largest absolute Gasteiger partial charge is 0.480 e. The summed E-state index contributed by atoms with van der Waals surface area (Å²) in [5, 5.41) is 11.0. The van der Waals surface area contributed by atoms with Gasteiger partial charge in [0.15, 0.2) is 0 Å². The van der Waals surface area contributed by atoms with E-state index in [1.165, 1.54) is 10.6 Å². The molecule has 0 spiro atoms. The third kappa shape index (κ3) is 3.09. The van der Waals surface area contributed by atoms with Crippen LogP contribution in [0.2, 0.25) is 0 Å². The van der Waals surface area contributed by atoms with E-state index in [0.717, 1.165) is 5.44 Å². The molecule has 3 nitrogen and oxygen atoms in total. The number of ether oxygens (including phenoxy) is 1. The Balaban J connectivity index is 2.07. The molecule has 21 heavy (non-hydrogen) atoms. The molecule has 104 valence electrons. The van der Waals surface area contributed by atoms with Gasteiger partial charge >= 0.3 is 0 Å². The van der Waals surface area contributed by atoms with Gasteiger partial charge in [0.05, 0.1) is 12.5 Å². The van der Waals surface area contributed by atoms with Gasteiger partial charge in [-0.05, 0) is 16.7 Å². The molecule has 0 aliphatic carbocycles. The molecule has 0 atom stereocenters. The van der Waals surface area contributed by atoms with Crippen LogP contribution in [0.5, 0.6) is 5.88 Å². The van der Waals surface area contributed by atoms with E-state index >= 15 is 0 Å². The van der Waals surface area contributed by atoms with Crippen molar-refractivity contribution in [1.82, 2.24) is 10.2 Å². The van der Waals surface area contributed by atoms with Gasteiger partial charge in [-0.1, -0.05) is 60.7 Å². The van der Waals surface area contributed by atoms with Gasteiger partial charge in [0.1, 0.15) is 0 Å². The van der Waals surface area contributed by atoms with Crippen molar-refractivity contribution in [3.63, 3.8) is 0 Å². The third-order valence-electron chi connectivity index (χ3n) is 3.09. The molecule has 1 heterocycles. The lowest BCUT2D eigenvalue weighted by atomic mass is 10.4. The summed E-state index contributed by atoms with van der Waals surface area (Å²) in [5.41, 5.74) is 0.975.